The molecule has 1 fully saturated rings. The fourth-order valence-corrected chi connectivity index (χ4v) is 4.49. The van der Waals surface area contributed by atoms with Crippen molar-refractivity contribution in [3.8, 4) is 11.3 Å². The molecule has 1 unspecified atom stereocenters. The van der Waals surface area contributed by atoms with Gasteiger partial charge in [0, 0.05) is 29.6 Å². The third-order valence-corrected chi connectivity index (χ3v) is 6.27. The zero-order valence-corrected chi connectivity index (χ0v) is 19.6. The number of amides is 3. The summed E-state index contributed by atoms with van der Waals surface area (Å²) in [4.78, 5) is 43.4. The Morgan fingerprint density at radius 3 is 2.62 bits per heavy atom. The highest BCUT2D eigenvalue weighted by Gasteiger charge is 2.35. The van der Waals surface area contributed by atoms with Gasteiger partial charge in [0.25, 0.3) is 5.91 Å². The van der Waals surface area contributed by atoms with Crippen LogP contribution in [0, 0.1) is 0 Å². The summed E-state index contributed by atoms with van der Waals surface area (Å²) < 4.78 is 5.41. The monoisotopic (exact) mass is 478 g/mol. The molecule has 34 heavy (non-hydrogen) atoms. The lowest BCUT2D eigenvalue weighted by molar-refractivity contribution is -0.120. The van der Waals surface area contributed by atoms with Gasteiger partial charge in [0.15, 0.2) is 5.13 Å². The van der Waals surface area contributed by atoms with Crippen LogP contribution in [0.3, 0.4) is 0 Å². The summed E-state index contributed by atoms with van der Waals surface area (Å²) in [7, 11) is 0. The van der Waals surface area contributed by atoms with E-state index in [1.165, 1.54) is 16.2 Å². The largest absolute Gasteiger partial charge is 0.445 e. The van der Waals surface area contributed by atoms with Crippen molar-refractivity contribution in [2.24, 2.45) is 0 Å². The highest BCUT2D eigenvalue weighted by Crippen LogP contribution is 2.27. The topological polar surface area (TPSA) is 101 Å². The van der Waals surface area contributed by atoms with E-state index in [4.69, 9.17) is 4.74 Å². The van der Waals surface area contributed by atoms with E-state index in [1.54, 1.807) is 12.1 Å². The highest BCUT2D eigenvalue weighted by molar-refractivity contribution is 7.14. The summed E-state index contributed by atoms with van der Waals surface area (Å²) in [6.07, 6.45) is 0.819. The summed E-state index contributed by atoms with van der Waals surface area (Å²) in [6, 6.07) is 16.0. The number of rotatable bonds is 7. The number of benzene rings is 2. The average Bonchev–Trinajstić information content (AvgIpc) is 3.54. The van der Waals surface area contributed by atoms with Crippen LogP contribution in [0.25, 0.3) is 11.3 Å². The minimum atomic E-state index is -0.591. The van der Waals surface area contributed by atoms with E-state index in [9.17, 15) is 14.4 Å². The highest BCUT2D eigenvalue weighted by atomic mass is 32.1. The molecule has 0 radical (unpaired) electrons. The maximum Gasteiger partial charge on any atom is 0.410 e. The average molecular weight is 479 g/mol. The van der Waals surface area contributed by atoms with Crippen molar-refractivity contribution >= 4 is 34.4 Å². The number of ether oxygens (including phenoxy) is 1. The fourth-order valence-electron chi connectivity index (χ4n) is 3.77. The van der Waals surface area contributed by atoms with E-state index >= 15 is 0 Å². The molecule has 1 atom stereocenters. The van der Waals surface area contributed by atoms with Gasteiger partial charge in [0.2, 0.25) is 5.91 Å². The molecule has 2 heterocycles. The number of hydrogen-bond acceptors (Lipinski definition) is 6. The van der Waals surface area contributed by atoms with Gasteiger partial charge in [-0.15, -0.1) is 11.3 Å². The van der Waals surface area contributed by atoms with Gasteiger partial charge < -0.3 is 15.4 Å². The molecule has 0 aliphatic carbocycles. The quantitative estimate of drug-likeness (QED) is 0.527. The number of carbonyl (C=O) groups excluding carboxylic acids is 3. The van der Waals surface area contributed by atoms with Crippen molar-refractivity contribution in [3.63, 3.8) is 0 Å². The van der Waals surface area contributed by atoms with Crippen LogP contribution in [-0.4, -0.2) is 46.9 Å². The molecule has 9 heteroatoms. The molecule has 3 amide bonds. The second-order valence-electron chi connectivity index (χ2n) is 7.86. The van der Waals surface area contributed by atoms with Crippen LogP contribution in [0.5, 0.6) is 0 Å². The van der Waals surface area contributed by atoms with Crippen LogP contribution >= 0.6 is 11.3 Å². The molecule has 4 rings (SSSR count). The number of carbonyl (C=O) groups is 3. The molecule has 2 aromatic carbocycles. The van der Waals surface area contributed by atoms with E-state index in [0.29, 0.717) is 35.9 Å². The fraction of sp³-hybridized carbons (Fsp3) is 0.280. The number of anilines is 1. The molecule has 8 nitrogen and oxygen atoms in total. The predicted octanol–water partition coefficient (Wildman–Crippen LogP) is 4.30. The first-order valence-corrected chi connectivity index (χ1v) is 12.1. The molecule has 1 saturated heterocycles. The molecule has 1 aliphatic rings. The summed E-state index contributed by atoms with van der Waals surface area (Å²) in [6.45, 7) is 3.08. The number of nitrogens with zero attached hydrogens (tertiary/aromatic N) is 2. The van der Waals surface area contributed by atoms with Gasteiger partial charge in [-0.05, 0) is 37.5 Å². The molecule has 1 aliphatic heterocycles. The van der Waals surface area contributed by atoms with Crippen LogP contribution in [0.1, 0.15) is 35.7 Å². The van der Waals surface area contributed by atoms with E-state index in [-0.39, 0.29) is 18.4 Å². The molecule has 0 spiro atoms. The summed E-state index contributed by atoms with van der Waals surface area (Å²) >= 11 is 1.31. The minimum absolute atomic E-state index is 0.122. The minimum Gasteiger partial charge on any atom is -0.445 e. The second-order valence-corrected chi connectivity index (χ2v) is 8.71. The van der Waals surface area contributed by atoms with Crippen molar-refractivity contribution < 1.29 is 19.1 Å². The van der Waals surface area contributed by atoms with Crippen LogP contribution < -0.4 is 10.6 Å². The standard InChI is InChI=1S/C25H26N4O4S/c1-2-26-22(30)19-12-10-18(11-13-19)20-16-34-24(27-20)28-23(31)21-9-6-14-29(21)25(32)33-15-17-7-4-3-5-8-17/h3-5,7-8,10-13,16,21H,2,6,9,14-15H2,1H3,(H,26,30)(H,27,28,31). The maximum atomic E-state index is 12.9. The van der Waals surface area contributed by atoms with E-state index in [0.717, 1.165) is 17.5 Å². The van der Waals surface area contributed by atoms with Gasteiger partial charge in [-0.25, -0.2) is 9.78 Å². The third kappa shape index (κ3) is 5.60. The predicted molar refractivity (Wildman–Crippen MR) is 131 cm³/mol. The first-order valence-electron chi connectivity index (χ1n) is 11.2. The third-order valence-electron chi connectivity index (χ3n) is 5.51. The van der Waals surface area contributed by atoms with Crippen molar-refractivity contribution in [1.82, 2.24) is 15.2 Å². The Kier molecular flexibility index (Phi) is 7.54. The van der Waals surface area contributed by atoms with Gasteiger partial charge in [0.1, 0.15) is 12.6 Å². The number of likely N-dealkylation sites (tertiary alicyclic amines) is 1. The Morgan fingerprint density at radius 2 is 1.88 bits per heavy atom. The normalized spacial score (nSPS) is 15.1. The van der Waals surface area contributed by atoms with Crippen molar-refractivity contribution in [3.05, 3.63) is 71.1 Å². The lowest BCUT2D eigenvalue weighted by atomic mass is 10.1. The Morgan fingerprint density at radius 1 is 1.12 bits per heavy atom. The maximum absolute atomic E-state index is 12.9. The SMILES string of the molecule is CCNC(=O)c1ccc(-c2csc(NC(=O)C3CCCN3C(=O)OCc3ccccc3)n2)cc1. The zero-order chi connectivity index (χ0) is 23.9. The number of aromatic nitrogens is 1. The van der Waals surface area contributed by atoms with E-state index in [1.807, 2.05) is 54.8 Å². The molecule has 1 aromatic heterocycles. The summed E-state index contributed by atoms with van der Waals surface area (Å²) in [5.41, 5.74) is 3.02. The van der Waals surface area contributed by atoms with Crippen molar-refractivity contribution in [2.45, 2.75) is 32.4 Å². The number of thiazole rings is 1. The number of nitrogens with one attached hydrogen (secondary N) is 2. The Balaban J connectivity index is 1.35. The van der Waals surface area contributed by atoms with Crippen LogP contribution in [0.4, 0.5) is 9.93 Å². The second kappa shape index (κ2) is 10.9. The van der Waals surface area contributed by atoms with Crippen molar-refractivity contribution in [1.29, 1.82) is 0 Å². The van der Waals surface area contributed by atoms with Gasteiger partial charge in [0.05, 0.1) is 5.69 Å². The van der Waals surface area contributed by atoms with Crippen LogP contribution in [0.15, 0.2) is 60.0 Å². The lowest BCUT2D eigenvalue weighted by Crippen LogP contribution is -2.43. The van der Waals surface area contributed by atoms with Gasteiger partial charge in [-0.2, -0.15) is 0 Å². The van der Waals surface area contributed by atoms with Gasteiger partial charge in [-0.3, -0.25) is 14.5 Å². The van der Waals surface area contributed by atoms with E-state index < -0.39 is 12.1 Å². The van der Waals surface area contributed by atoms with Gasteiger partial charge >= 0.3 is 6.09 Å². The summed E-state index contributed by atoms with van der Waals surface area (Å²) in [5, 5.41) is 7.90. The molecule has 2 N–H and O–H groups in total. The van der Waals surface area contributed by atoms with Crippen molar-refractivity contribution in [2.75, 3.05) is 18.4 Å². The summed E-state index contributed by atoms with van der Waals surface area (Å²) in [5.74, 6) is -0.398. The Labute approximate surface area is 202 Å². The first-order chi connectivity index (χ1) is 16.5. The van der Waals surface area contributed by atoms with Crippen LogP contribution in [0.2, 0.25) is 0 Å². The molecular formula is C25H26N4O4S. The van der Waals surface area contributed by atoms with Gasteiger partial charge in [-0.1, -0.05) is 42.5 Å². The van der Waals surface area contributed by atoms with E-state index in [2.05, 4.69) is 15.6 Å². The Hall–Kier alpha value is -3.72. The Bertz CT molecular complexity index is 1150. The lowest BCUT2D eigenvalue weighted by Gasteiger charge is -2.22. The molecular weight excluding hydrogens is 452 g/mol. The zero-order valence-electron chi connectivity index (χ0n) is 18.8. The smallest absolute Gasteiger partial charge is 0.410 e. The number of hydrogen-bond donors (Lipinski definition) is 2. The molecule has 0 bridgehead atoms. The molecule has 3 aromatic rings. The van der Waals surface area contributed by atoms with Crippen LogP contribution in [-0.2, 0) is 16.1 Å². The first kappa shape index (κ1) is 23.4. The molecule has 176 valence electrons. The molecule has 0 saturated carbocycles.